The second-order valence-corrected chi connectivity index (χ2v) is 5.61. The SMILES string of the molecule is C=CCN(CCc1ccc(O)cc1)CCc1cccc(OC)c1. The van der Waals surface area contributed by atoms with Crippen molar-refractivity contribution in [3.63, 3.8) is 0 Å². The predicted molar refractivity (Wildman–Crippen MR) is 95.1 cm³/mol. The van der Waals surface area contributed by atoms with Crippen LogP contribution in [-0.2, 0) is 12.8 Å². The van der Waals surface area contributed by atoms with E-state index in [-0.39, 0.29) is 0 Å². The smallest absolute Gasteiger partial charge is 0.119 e. The fourth-order valence-corrected chi connectivity index (χ4v) is 2.54. The maximum Gasteiger partial charge on any atom is 0.119 e. The fourth-order valence-electron chi connectivity index (χ4n) is 2.54. The summed E-state index contributed by atoms with van der Waals surface area (Å²) in [5, 5.41) is 9.34. The van der Waals surface area contributed by atoms with Gasteiger partial charge in [0.2, 0.25) is 0 Å². The molecule has 0 saturated heterocycles. The number of ether oxygens (including phenoxy) is 1. The Bertz CT molecular complexity index is 607. The van der Waals surface area contributed by atoms with Gasteiger partial charge in [-0.15, -0.1) is 6.58 Å². The van der Waals surface area contributed by atoms with Gasteiger partial charge in [-0.05, 0) is 48.2 Å². The molecule has 0 atom stereocenters. The lowest BCUT2D eigenvalue weighted by molar-refractivity contribution is 0.310. The van der Waals surface area contributed by atoms with Gasteiger partial charge < -0.3 is 9.84 Å². The number of benzene rings is 2. The van der Waals surface area contributed by atoms with Crippen molar-refractivity contribution in [3.05, 3.63) is 72.3 Å². The van der Waals surface area contributed by atoms with Gasteiger partial charge in [0.05, 0.1) is 7.11 Å². The minimum absolute atomic E-state index is 0.315. The summed E-state index contributed by atoms with van der Waals surface area (Å²) in [7, 11) is 1.70. The molecule has 3 heteroatoms. The van der Waals surface area contributed by atoms with Gasteiger partial charge in [-0.1, -0.05) is 30.3 Å². The number of nitrogens with zero attached hydrogens (tertiary/aromatic N) is 1. The lowest BCUT2D eigenvalue weighted by Gasteiger charge is -2.21. The topological polar surface area (TPSA) is 32.7 Å². The van der Waals surface area contributed by atoms with Crippen molar-refractivity contribution in [1.29, 1.82) is 0 Å². The van der Waals surface area contributed by atoms with Crippen LogP contribution in [0.1, 0.15) is 11.1 Å². The second kappa shape index (κ2) is 9.01. The molecule has 0 aliphatic rings. The summed E-state index contributed by atoms with van der Waals surface area (Å²) in [6.45, 7) is 6.69. The molecule has 23 heavy (non-hydrogen) atoms. The average Bonchev–Trinajstić information content (AvgIpc) is 2.59. The molecule has 3 nitrogen and oxygen atoms in total. The molecule has 0 aliphatic carbocycles. The molecule has 0 fully saturated rings. The lowest BCUT2D eigenvalue weighted by atomic mass is 10.1. The molecule has 0 amide bonds. The standard InChI is InChI=1S/C20H25NO2/c1-3-13-21(14-11-17-7-9-19(22)10-8-17)15-12-18-5-4-6-20(16-18)23-2/h3-10,16,22H,1,11-15H2,2H3. The van der Waals surface area contributed by atoms with Crippen LogP contribution in [0.2, 0.25) is 0 Å². The third kappa shape index (κ3) is 5.80. The Morgan fingerprint density at radius 3 is 2.39 bits per heavy atom. The molecule has 2 aromatic carbocycles. The molecule has 0 saturated carbocycles. The number of phenolic OH excluding ortho intramolecular Hbond substituents is 1. The van der Waals surface area contributed by atoms with Crippen molar-refractivity contribution in [2.75, 3.05) is 26.7 Å². The second-order valence-electron chi connectivity index (χ2n) is 5.61. The van der Waals surface area contributed by atoms with Crippen LogP contribution < -0.4 is 4.74 Å². The van der Waals surface area contributed by atoms with E-state index in [1.54, 1.807) is 19.2 Å². The summed E-state index contributed by atoms with van der Waals surface area (Å²) < 4.78 is 5.27. The van der Waals surface area contributed by atoms with Crippen molar-refractivity contribution < 1.29 is 9.84 Å². The van der Waals surface area contributed by atoms with Crippen LogP contribution >= 0.6 is 0 Å². The van der Waals surface area contributed by atoms with Gasteiger partial charge in [0.1, 0.15) is 11.5 Å². The van der Waals surface area contributed by atoms with Gasteiger partial charge in [0.15, 0.2) is 0 Å². The lowest BCUT2D eigenvalue weighted by Crippen LogP contribution is -2.28. The summed E-state index contributed by atoms with van der Waals surface area (Å²) in [5.74, 6) is 1.22. The molecule has 0 aromatic heterocycles. The van der Waals surface area contributed by atoms with Crippen molar-refractivity contribution in [2.45, 2.75) is 12.8 Å². The van der Waals surface area contributed by atoms with E-state index in [2.05, 4.69) is 23.6 Å². The Balaban J connectivity index is 1.87. The molecule has 122 valence electrons. The van der Waals surface area contributed by atoms with E-state index in [1.807, 2.05) is 30.3 Å². The van der Waals surface area contributed by atoms with Crippen LogP contribution in [0.5, 0.6) is 11.5 Å². The third-order valence-electron chi connectivity index (χ3n) is 3.89. The zero-order valence-electron chi connectivity index (χ0n) is 13.7. The first-order valence-electron chi connectivity index (χ1n) is 7.95. The summed E-state index contributed by atoms with van der Waals surface area (Å²) >= 11 is 0. The number of aromatic hydroxyl groups is 1. The van der Waals surface area contributed by atoms with Crippen LogP contribution in [0, 0.1) is 0 Å². The van der Waals surface area contributed by atoms with E-state index in [9.17, 15) is 5.11 Å². The maximum atomic E-state index is 9.34. The van der Waals surface area contributed by atoms with Crippen molar-refractivity contribution in [2.24, 2.45) is 0 Å². The van der Waals surface area contributed by atoms with Crippen LogP contribution in [-0.4, -0.2) is 36.8 Å². The molecule has 0 bridgehead atoms. The van der Waals surface area contributed by atoms with Crippen LogP contribution in [0.15, 0.2) is 61.2 Å². The first-order valence-corrected chi connectivity index (χ1v) is 7.95. The van der Waals surface area contributed by atoms with E-state index < -0.39 is 0 Å². The summed E-state index contributed by atoms with van der Waals surface area (Å²) in [6.07, 6.45) is 3.90. The largest absolute Gasteiger partial charge is 0.508 e. The van der Waals surface area contributed by atoms with Crippen molar-refractivity contribution >= 4 is 0 Å². The average molecular weight is 311 g/mol. The molecular weight excluding hydrogens is 286 g/mol. The molecule has 0 heterocycles. The molecule has 0 unspecified atom stereocenters. The Morgan fingerprint density at radius 1 is 1.04 bits per heavy atom. The van der Waals surface area contributed by atoms with Gasteiger partial charge in [-0.3, -0.25) is 4.90 Å². The zero-order valence-corrected chi connectivity index (χ0v) is 13.7. The molecule has 1 N–H and O–H groups in total. The van der Waals surface area contributed by atoms with Crippen LogP contribution in [0.3, 0.4) is 0 Å². The van der Waals surface area contributed by atoms with E-state index in [1.165, 1.54) is 11.1 Å². The van der Waals surface area contributed by atoms with Gasteiger partial charge >= 0.3 is 0 Å². The Morgan fingerprint density at radius 2 is 1.74 bits per heavy atom. The summed E-state index contributed by atoms with van der Waals surface area (Å²) in [5.41, 5.74) is 2.52. The predicted octanol–water partition coefficient (Wildman–Crippen LogP) is 3.67. The highest BCUT2D eigenvalue weighted by molar-refractivity contribution is 5.28. The quantitative estimate of drug-likeness (QED) is 0.717. The van der Waals surface area contributed by atoms with Crippen LogP contribution in [0.25, 0.3) is 0 Å². The summed E-state index contributed by atoms with van der Waals surface area (Å²) in [4.78, 5) is 2.39. The molecule has 0 spiro atoms. The maximum absolute atomic E-state index is 9.34. The van der Waals surface area contributed by atoms with Crippen molar-refractivity contribution in [3.8, 4) is 11.5 Å². The van der Waals surface area contributed by atoms with E-state index >= 15 is 0 Å². The first kappa shape index (κ1) is 17.1. The summed E-state index contributed by atoms with van der Waals surface area (Å²) in [6, 6.07) is 15.7. The Kier molecular flexibility index (Phi) is 6.70. The number of hydrogen-bond donors (Lipinski definition) is 1. The third-order valence-corrected chi connectivity index (χ3v) is 3.89. The number of phenols is 1. The molecule has 0 radical (unpaired) electrons. The highest BCUT2D eigenvalue weighted by atomic mass is 16.5. The monoisotopic (exact) mass is 311 g/mol. The Labute approximate surface area is 138 Å². The number of hydrogen-bond acceptors (Lipinski definition) is 3. The van der Waals surface area contributed by atoms with Crippen molar-refractivity contribution in [1.82, 2.24) is 4.90 Å². The number of methoxy groups -OCH3 is 1. The van der Waals surface area contributed by atoms with E-state index in [4.69, 9.17) is 4.74 Å². The molecule has 2 aromatic rings. The first-order chi connectivity index (χ1) is 11.2. The van der Waals surface area contributed by atoms with E-state index in [0.29, 0.717) is 5.75 Å². The van der Waals surface area contributed by atoms with Gasteiger partial charge in [0, 0.05) is 19.6 Å². The minimum atomic E-state index is 0.315. The van der Waals surface area contributed by atoms with E-state index in [0.717, 1.165) is 38.2 Å². The van der Waals surface area contributed by atoms with Gasteiger partial charge in [0.25, 0.3) is 0 Å². The van der Waals surface area contributed by atoms with Gasteiger partial charge in [-0.2, -0.15) is 0 Å². The highest BCUT2D eigenvalue weighted by Crippen LogP contribution is 2.14. The normalized spacial score (nSPS) is 10.7. The number of rotatable bonds is 9. The molecule has 0 aliphatic heterocycles. The Hall–Kier alpha value is -2.26. The van der Waals surface area contributed by atoms with Gasteiger partial charge in [-0.25, -0.2) is 0 Å². The minimum Gasteiger partial charge on any atom is -0.508 e. The molecule has 2 rings (SSSR count). The zero-order chi connectivity index (χ0) is 16.5. The fraction of sp³-hybridized carbons (Fsp3) is 0.300. The molecular formula is C20H25NO2. The highest BCUT2D eigenvalue weighted by Gasteiger charge is 2.05. The van der Waals surface area contributed by atoms with Crippen LogP contribution in [0.4, 0.5) is 0 Å².